The molecule has 8 nitrogen and oxygen atoms in total. The number of likely N-dealkylation sites (tertiary alicyclic amines) is 1. The van der Waals surface area contributed by atoms with Crippen LogP contribution >= 0.6 is 11.3 Å². The third kappa shape index (κ3) is 7.26. The highest BCUT2D eigenvalue weighted by Gasteiger charge is 2.35. The zero-order valence-corrected chi connectivity index (χ0v) is 23.3. The van der Waals surface area contributed by atoms with Gasteiger partial charge in [0.1, 0.15) is 17.0 Å². The molecular formula is C26H33F3N6O2S2. The normalized spacial score (nSPS) is 23.4. The third-order valence-corrected chi connectivity index (χ3v) is 9.76. The molecule has 0 saturated carbocycles. The molecule has 2 aliphatic heterocycles. The summed E-state index contributed by atoms with van der Waals surface area (Å²) in [5.74, 6) is 0.525. The quantitative estimate of drug-likeness (QED) is 0.396. The number of anilines is 1. The van der Waals surface area contributed by atoms with Crippen LogP contribution in [0.2, 0.25) is 0 Å². The van der Waals surface area contributed by atoms with E-state index in [1.165, 1.54) is 24.2 Å². The number of fused-ring (bicyclic) bond motifs is 1. The van der Waals surface area contributed by atoms with Gasteiger partial charge in [-0.2, -0.15) is 17.5 Å². The summed E-state index contributed by atoms with van der Waals surface area (Å²) in [6.07, 6.45) is -0.211. The summed E-state index contributed by atoms with van der Waals surface area (Å²) in [5.41, 5.74) is 1.22. The van der Waals surface area contributed by atoms with Gasteiger partial charge in [-0.15, -0.1) is 11.3 Å². The number of nitrogens with zero attached hydrogens (tertiary/aromatic N) is 4. The molecule has 0 unspecified atom stereocenters. The van der Waals surface area contributed by atoms with Gasteiger partial charge in [0.05, 0.1) is 18.1 Å². The number of rotatable bonds is 9. The molecule has 2 aromatic heterocycles. The maximum absolute atomic E-state index is 13.0. The largest absolute Gasteiger partial charge is 0.393 e. The van der Waals surface area contributed by atoms with Crippen molar-refractivity contribution < 1.29 is 21.6 Å². The Balaban J connectivity index is 1.34. The highest BCUT2D eigenvalue weighted by Crippen LogP contribution is 2.33. The fourth-order valence-corrected chi connectivity index (χ4v) is 7.81. The first-order valence-corrected chi connectivity index (χ1v) is 15.7. The molecule has 39 heavy (non-hydrogen) atoms. The lowest BCUT2D eigenvalue weighted by Gasteiger charge is -2.40. The van der Waals surface area contributed by atoms with Crippen molar-refractivity contribution in [3.05, 3.63) is 53.2 Å². The van der Waals surface area contributed by atoms with E-state index in [0.717, 1.165) is 50.2 Å². The van der Waals surface area contributed by atoms with Crippen molar-refractivity contribution in [2.75, 3.05) is 37.8 Å². The molecule has 2 N–H and O–H groups in total. The molecule has 1 aromatic carbocycles. The molecule has 212 valence electrons. The summed E-state index contributed by atoms with van der Waals surface area (Å²) in [7, 11) is -3.28. The molecule has 2 aliphatic rings. The van der Waals surface area contributed by atoms with Gasteiger partial charge >= 0.3 is 6.18 Å². The molecule has 0 radical (unpaired) electrons. The van der Waals surface area contributed by atoms with Gasteiger partial charge in [0, 0.05) is 55.7 Å². The Morgan fingerprint density at radius 3 is 2.64 bits per heavy atom. The highest BCUT2D eigenvalue weighted by molar-refractivity contribution is 7.88. The molecule has 0 aliphatic carbocycles. The Morgan fingerprint density at radius 1 is 1.10 bits per heavy atom. The molecule has 0 spiro atoms. The van der Waals surface area contributed by atoms with Crippen LogP contribution in [0.1, 0.15) is 29.7 Å². The van der Waals surface area contributed by atoms with Gasteiger partial charge in [-0.05, 0) is 30.9 Å². The lowest BCUT2D eigenvalue weighted by Crippen LogP contribution is -2.58. The van der Waals surface area contributed by atoms with Crippen LogP contribution in [0, 0.1) is 0 Å². The number of piperidine rings is 1. The van der Waals surface area contributed by atoms with Crippen LogP contribution in [-0.4, -0.2) is 84.3 Å². The zero-order chi connectivity index (χ0) is 27.6. The summed E-state index contributed by atoms with van der Waals surface area (Å²) in [5, 5.41) is 7.73. The molecule has 3 aromatic rings. The number of thiophene rings is 1. The standard InChI is InChI=1S/C26H33F3N6O2S2/c1-39(36,37)35-10-5-8-19(35)14-30-23-16-34(15-18-6-3-2-4-7-18)11-9-22(23)33-24-21-12-20(13-26(27,28)29)38-25(21)32-17-31-24/h2-4,6-7,12,17,19,22-23,30H,5,8-11,13-16H2,1H3,(H,31,32,33)/t19-,22+,23+/m0/s1. The Bertz CT molecular complexity index is 1370. The van der Waals surface area contributed by atoms with Gasteiger partial charge in [0.2, 0.25) is 10.0 Å². The molecule has 2 saturated heterocycles. The Morgan fingerprint density at radius 2 is 1.90 bits per heavy atom. The van der Waals surface area contributed by atoms with Crippen LogP contribution in [-0.2, 0) is 23.0 Å². The molecule has 3 atom stereocenters. The van der Waals surface area contributed by atoms with E-state index in [2.05, 4.69) is 37.6 Å². The van der Waals surface area contributed by atoms with Crippen LogP contribution in [0.5, 0.6) is 0 Å². The van der Waals surface area contributed by atoms with Crippen molar-refractivity contribution in [3.8, 4) is 0 Å². The number of aromatic nitrogens is 2. The van der Waals surface area contributed by atoms with Gasteiger partial charge in [0.25, 0.3) is 0 Å². The monoisotopic (exact) mass is 582 g/mol. The van der Waals surface area contributed by atoms with E-state index >= 15 is 0 Å². The van der Waals surface area contributed by atoms with Gasteiger partial charge in [-0.25, -0.2) is 18.4 Å². The first kappa shape index (κ1) is 28.2. The molecule has 0 amide bonds. The minimum atomic E-state index is -4.29. The van der Waals surface area contributed by atoms with Crippen molar-refractivity contribution >= 4 is 37.4 Å². The average Bonchev–Trinajstić information content (AvgIpc) is 3.51. The number of halogens is 3. The number of alkyl halides is 3. The number of hydrogen-bond acceptors (Lipinski definition) is 8. The minimum Gasteiger partial charge on any atom is -0.365 e. The summed E-state index contributed by atoms with van der Waals surface area (Å²) < 4.78 is 65.1. The molecule has 2 fully saturated rings. The van der Waals surface area contributed by atoms with Gasteiger partial charge < -0.3 is 10.6 Å². The minimum absolute atomic E-state index is 0.0252. The van der Waals surface area contributed by atoms with E-state index < -0.39 is 22.6 Å². The maximum Gasteiger partial charge on any atom is 0.393 e. The lowest BCUT2D eigenvalue weighted by molar-refractivity contribution is -0.126. The first-order chi connectivity index (χ1) is 18.5. The van der Waals surface area contributed by atoms with Crippen molar-refractivity contribution in [2.45, 2.75) is 56.5 Å². The first-order valence-electron chi connectivity index (χ1n) is 13.1. The fourth-order valence-electron chi connectivity index (χ4n) is 5.60. The number of sulfonamides is 1. The van der Waals surface area contributed by atoms with Crippen LogP contribution in [0.25, 0.3) is 10.2 Å². The van der Waals surface area contributed by atoms with Crippen LogP contribution in [0.15, 0.2) is 42.7 Å². The molecule has 13 heteroatoms. The van der Waals surface area contributed by atoms with E-state index in [9.17, 15) is 21.6 Å². The molecule has 0 bridgehead atoms. The van der Waals surface area contributed by atoms with Crippen molar-refractivity contribution in [1.82, 2.24) is 24.5 Å². The van der Waals surface area contributed by atoms with Gasteiger partial charge in [0.15, 0.2) is 0 Å². The van der Waals surface area contributed by atoms with Gasteiger partial charge in [-0.1, -0.05) is 30.3 Å². The second-order valence-electron chi connectivity index (χ2n) is 10.4. The third-order valence-electron chi connectivity index (χ3n) is 7.39. The van der Waals surface area contributed by atoms with E-state index in [4.69, 9.17) is 0 Å². The Kier molecular flexibility index (Phi) is 8.43. The summed E-state index contributed by atoms with van der Waals surface area (Å²) in [6, 6.07) is 11.6. The van der Waals surface area contributed by atoms with Crippen molar-refractivity contribution in [3.63, 3.8) is 0 Å². The number of benzene rings is 1. The van der Waals surface area contributed by atoms with E-state index in [-0.39, 0.29) is 23.0 Å². The molecule has 4 heterocycles. The highest BCUT2D eigenvalue weighted by atomic mass is 32.2. The fraction of sp³-hybridized carbons (Fsp3) is 0.538. The SMILES string of the molecule is CS(=O)(=O)N1CCC[C@H]1CN[C@@H]1CN(Cc2ccccc2)CC[C@H]1Nc1ncnc2sc(CC(F)(F)F)cc12. The number of nitrogens with one attached hydrogen (secondary N) is 2. The average molecular weight is 583 g/mol. The van der Waals surface area contributed by atoms with Crippen LogP contribution in [0.3, 0.4) is 0 Å². The Hall–Kier alpha value is -2.32. The second-order valence-corrected chi connectivity index (χ2v) is 13.4. The Labute approximate surface area is 230 Å². The van der Waals surface area contributed by atoms with E-state index in [1.807, 2.05) is 18.2 Å². The van der Waals surface area contributed by atoms with E-state index in [1.54, 1.807) is 4.31 Å². The number of hydrogen-bond donors (Lipinski definition) is 2. The van der Waals surface area contributed by atoms with Gasteiger partial charge in [-0.3, -0.25) is 4.90 Å². The van der Waals surface area contributed by atoms with E-state index in [0.29, 0.717) is 29.1 Å². The zero-order valence-electron chi connectivity index (χ0n) is 21.7. The predicted molar refractivity (Wildman–Crippen MR) is 147 cm³/mol. The summed E-state index contributed by atoms with van der Waals surface area (Å²) in [6.45, 7) is 3.43. The molecule has 5 rings (SSSR count). The molecular weight excluding hydrogens is 549 g/mol. The van der Waals surface area contributed by atoms with Crippen molar-refractivity contribution in [2.24, 2.45) is 0 Å². The predicted octanol–water partition coefficient (Wildman–Crippen LogP) is 3.86. The second kappa shape index (κ2) is 11.7. The van der Waals surface area contributed by atoms with Crippen molar-refractivity contribution in [1.29, 1.82) is 0 Å². The summed E-state index contributed by atoms with van der Waals surface area (Å²) in [4.78, 5) is 11.7. The lowest BCUT2D eigenvalue weighted by atomic mass is 9.97. The topological polar surface area (TPSA) is 90.5 Å². The smallest absolute Gasteiger partial charge is 0.365 e. The summed E-state index contributed by atoms with van der Waals surface area (Å²) >= 11 is 1.03. The maximum atomic E-state index is 13.0. The van der Waals surface area contributed by atoms with Crippen LogP contribution in [0.4, 0.5) is 19.0 Å². The van der Waals surface area contributed by atoms with Crippen LogP contribution < -0.4 is 10.6 Å².